The fourth-order valence-electron chi connectivity index (χ4n) is 11.4. The van der Waals surface area contributed by atoms with Crippen LogP contribution in [-0.2, 0) is 56.1 Å². The van der Waals surface area contributed by atoms with Crippen molar-refractivity contribution >= 4 is 105 Å². The largest absolute Gasteiger partial charge is 0.507 e. The van der Waals surface area contributed by atoms with Gasteiger partial charge in [-0.1, -0.05) is 103 Å². The van der Waals surface area contributed by atoms with Crippen LogP contribution < -0.4 is 45.5 Å². The molecule has 0 bridgehead atoms. The van der Waals surface area contributed by atoms with Gasteiger partial charge in [0.05, 0.1) is 67.0 Å². The van der Waals surface area contributed by atoms with Crippen molar-refractivity contribution in [2.45, 2.75) is 70.6 Å². The van der Waals surface area contributed by atoms with Crippen molar-refractivity contribution in [1.29, 1.82) is 0 Å². The molecule has 0 spiro atoms. The highest BCUT2D eigenvalue weighted by atomic mass is 35.5. The first-order chi connectivity index (χ1) is 58.8. The van der Waals surface area contributed by atoms with Crippen molar-refractivity contribution in [3.05, 3.63) is 303 Å². The highest BCUT2D eigenvalue weighted by Crippen LogP contribution is 2.33. The van der Waals surface area contributed by atoms with Crippen LogP contribution in [0, 0.1) is 0 Å². The van der Waals surface area contributed by atoms with Gasteiger partial charge in [-0.3, -0.25) is 47.9 Å². The average molecular weight is 1700 g/mol. The number of phenolic OH excluding ortho intramolecular Hbond substituents is 4. The third-order valence-electron chi connectivity index (χ3n) is 17.9. The molecule has 11 rings (SSSR count). The van der Waals surface area contributed by atoms with Gasteiger partial charge >= 0.3 is 35.8 Å². The van der Waals surface area contributed by atoms with Gasteiger partial charge in [-0.2, -0.15) is 0 Å². The van der Waals surface area contributed by atoms with Crippen molar-refractivity contribution in [3.63, 3.8) is 0 Å². The lowest BCUT2D eigenvalue weighted by Crippen LogP contribution is -2.13. The molecule has 0 radical (unpaired) electrons. The quantitative estimate of drug-likeness (QED) is 0.0186. The van der Waals surface area contributed by atoms with Crippen LogP contribution in [0.1, 0.15) is 128 Å². The number of carbonyl (C=O) groups excluding carboxylic acids is 5. The van der Waals surface area contributed by atoms with Gasteiger partial charge in [-0.15, -0.1) is 0 Å². The zero-order valence-corrected chi connectivity index (χ0v) is 67.5. The average Bonchev–Trinajstić information content (AvgIpc) is 0.828. The number of nitrogens with one attached hydrogen (secondary N) is 5. The Hall–Kier alpha value is -15.7. The highest BCUT2D eigenvalue weighted by Gasteiger charge is 2.21. The Kier molecular flexibility index (Phi) is 36.6. The number of ether oxygens (including phenoxy) is 4. The van der Waals surface area contributed by atoms with Crippen molar-refractivity contribution in [3.8, 4) is 57.1 Å². The summed E-state index contributed by atoms with van der Waals surface area (Å²) >= 11 is 6.06. The summed E-state index contributed by atoms with van der Waals surface area (Å²) < 4.78 is 20.0. The minimum atomic E-state index is -1.06. The van der Waals surface area contributed by atoms with E-state index in [1.54, 1.807) is 170 Å². The van der Waals surface area contributed by atoms with Crippen molar-refractivity contribution in [2.24, 2.45) is 0 Å². The molecule has 0 saturated heterocycles. The summed E-state index contributed by atoms with van der Waals surface area (Å²) in [6.07, 6.45) is 3.11. The van der Waals surface area contributed by atoms with Gasteiger partial charge in [0.25, 0.3) is 29.5 Å². The second kappa shape index (κ2) is 47.6. The summed E-state index contributed by atoms with van der Waals surface area (Å²) in [6, 6.07) is 63.7. The number of rotatable bonds is 32. The van der Waals surface area contributed by atoms with Crippen LogP contribution >= 0.6 is 11.6 Å². The monoisotopic (exact) mass is 1700 g/mol. The number of carboxylic acid groups (broad SMARTS) is 6. The lowest BCUT2D eigenvalue weighted by molar-refractivity contribution is -0.138. The number of methoxy groups -OCH3 is 4. The van der Waals surface area contributed by atoms with Crippen LogP contribution in [0.2, 0.25) is 5.02 Å². The molecular weight excluding hydrogens is 1610 g/mol. The van der Waals surface area contributed by atoms with E-state index in [-0.39, 0.29) is 88.8 Å². The van der Waals surface area contributed by atoms with E-state index in [4.69, 9.17) is 56.1 Å². The van der Waals surface area contributed by atoms with Gasteiger partial charge in [0.1, 0.15) is 46.0 Å². The smallest absolute Gasteiger partial charge is 0.336 e. The maximum atomic E-state index is 12.9. The van der Waals surface area contributed by atoms with E-state index < -0.39 is 59.4 Å². The topological polar surface area (TPSA) is 487 Å². The van der Waals surface area contributed by atoms with Crippen molar-refractivity contribution in [1.82, 2.24) is 0 Å². The molecule has 123 heavy (non-hydrogen) atoms. The van der Waals surface area contributed by atoms with Crippen LogP contribution in [-0.4, -0.2) is 145 Å². The molecule has 0 aliphatic heterocycles. The van der Waals surface area contributed by atoms with E-state index in [0.717, 1.165) is 27.8 Å². The molecular formula is C92H88ClN5O25. The molecule has 5 amide bonds. The maximum absolute atomic E-state index is 12.9. The zero-order chi connectivity index (χ0) is 89.7. The SMILES string of the molecule is COc1ccc(C(=O)Nc2cc(CCC(=O)O)ccc2Cl)c(O)c1.COc1ccc(C(=O)Nc2ccc(CCC(=O)O)cc2)c(O)c1.COc1ccc(O)c(C(=O)Nc2ccc(CCC(=O)O)cc2)c1.COc1ccc(O)c(C(=O)Nc2ccc(CCCC(=O)O)cc2)c1.O=C(O)CCc1ccc(NC(=O)c2ccccc2-c2ccccc2C(=O)O)cc1. The standard InChI is InChI=1S/C23H19NO5.C18H19NO5.C17H16ClNO5.2C17H17NO5/c25-21(26)14-11-15-9-12-16(13-10-15)24-22(27)19-7-3-1-5-17(19)18-6-2-4-8-20(18)23(28)29;1-24-14-9-10-16(20)15(11-14)18(23)19-13-7-5-12(6-8-13)3-2-4-17(21)22;1-24-11-4-5-12(15(20)9-11)17(23)19-14-8-10(2-6-13(14)18)3-7-16(21)22;1-23-13-7-8-15(19)14(10-13)17(22)18-12-5-2-11(3-6-12)4-9-16(20)21;1-23-13-7-8-14(15(19)10-13)17(22)18-12-5-2-11(3-6-12)4-9-16(20)21/h1-10,12-13H,11,14H2,(H,24,27)(H,25,26)(H,28,29);5-11,20H,2-4H2,1H3,(H,19,23)(H,21,22);2,4-6,8-9,20H,3,7H2,1H3,(H,19,23)(H,21,22);2*2-3,5-8,10,19H,4,9H2,1H3,(H,18,22)(H,20,21). The van der Waals surface area contributed by atoms with Crippen LogP contribution in [0.25, 0.3) is 11.1 Å². The summed E-state index contributed by atoms with van der Waals surface area (Å²) in [5.41, 5.74) is 8.87. The first kappa shape index (κ1) is 94.4. The molecule has 0 aliphatic rings. The third-order valence-corrected chi connectivity index (χ3v) is 18.2. The van der Waals surface area contributed by atoms with Gasteiger partial charge in [0, 0.05) is 72.5 Å². The lowest BCUT2D eigenvalue weighted by Gasteiger charge is -2.12. The molecule has 0 fully saturated rings. The van der Waals surface area contributed by atoms with E-state index in [1.807, 2.05) is 12.1 Å². The molecule has 0 aromatic heterocycles. The number of carbonyl (C=O) groups is 11. The molecule has 11 aromatic rings. The highest BCUT2D eigenvalue weighted by molar-refractivity contribution is 6.34. The summed E-state index contributed by atoms with van der Waals surface area (Å²) in [4.78, 5) is 126. The molecule has 0 atom stereocenters. The normalized spacial score (nSPS) is 10.2. The number of aromatic carboxylic acids is 1. The Labute approximate surface area is 710 Å². The molecule has 30 nitrogen and oxygen atoms in total. The van der Waals surface area contributed by atoms with Gasteiger partial charge in [0.15, 0.2) is 0 Å². The number of hydrogen-bond donors (Lipinski definition) is 15. The summed E-state index contributed by atoms with van der Waals surface area (Å²) in [5, 5.41) is 106. The molecule has 0 saturated carbocycles. The fraction of sp³-hybridized carbons (Fsp3) is 0.163. The van der Waals surface area contributed by atoms with E-state index in [1.165, 1.54) is 83.0 Å². The van der Waals surface area contributed by atoms with Crippen molar-refractivity contribution < 1.29 is 123 Å². The number of aliphatic carboxylic acids is 5. The van der Waals surface area contributed by atoms with E-state index in [9.17, 15) is 78.3 Å². The van der Waals surface area contributed by atoms with Crippen molar-refractivity contribution in [2.75, 3.05) is 55.0 Å². The third kappa shape index (κ3) is 30.9. The molecule has 0 aliphatic carbocycles. The number of halogens is 1. The predicted molar refractivity (Wildman–Crippen MR) is 459 cm³/mol. The van der Waals surface area contributed by atoms with Crippen LogP contribution in [0.5, 0.6) is 46.0 Å². The zero-order valence-electron chi connectivity index (χ0n) is 66.8. The van der Waals surface area contributed by atoms with Crippen LogP contribution in [0.15, 0.2) is 237 Å². The van der Waals surface area contributed by atoms with E-state index in [2.05, 4.69) is 26.6 Å². The van der Waals surface area contributed by atoms with Crippen LogP contribution in [0.4, 0.5) is 28.4 Å². The Morgan fingerprint density at radius 3 is 0.919 bits per heavy atom. The van der Waals surface area contributed by atoms with Gasteiger partial charge < -0.3 is 96.6 Å². The Morgan fingerprint density at radius 2 is 0.569 bits per heavy atom. The molecule has 15 N–H and O–H groups in total. The minimum absolute atomic E-state index is 0.0196. The van der Waals surface area contributed by atoms with E-state index in [0.29, 0.717) is 112 Å². The maximum Gasteiger partial charge on any atom is 0.336 e. The van der Waals surface area contributed by atoms with E-state index >= 15 is 0 Å². The first-order valence-electron chi connectivity index (χ1n) is 37.5. The Balaban J connectivity index is 0.000000212. The second-order valence-electron chi connectivity index (χ2n) is 26.6. The second-order valence-corrected chi connectivity index (χ2v) is 27.0. The molecule has 31 heteroatoms. The Morgan fingerprint density at radius 1 is 0.276 bits per heavy atom. The molecule has 11 aromatic carbocycles. The summed E-state index contributed by atoms with van der Waals surface area (Å²) in [6.45, 7) is 0. The van der Waals surface area contributed by atoms with Gasteiger partial charge in [-0.25, -0.2) is 4.79 Å². The van der Waals surface area contributed by atoms with Gasteiger partial charge in [0.2, 0.25) is 0 Å². The predicted octanol–water partition coefficient (Wildman–Crippen LogP) is 16.0. The fourth-order valence-corrected chi connectivity index (χ4v) is 11.6. The lowest BCUT2D eigenvalue weighted by atomic mass is 9.95. The van der Waals surface area contributed by atoms with Gasteiger partial charge in [-0.05, 0) is 211 Å². The number of phenols is 4. The molecule has 0 unspecified atom stereocenters. The number of aryl methyl sites for hydroxylation is 5. The number of aromatic hydroxyl groups is 4. The molecule has 638 valence electrons. The summed E-state index contributed by atoms with van der Waals surface area (Å²) in [5.74, 6) is -6.38. The number of anilines is 5. The number of benzene rings is 11. The number of hydrogen-bond acceptors (Lipinski definition) is 19. The van der Waals surface area contributed by atoms with Crippen LogP contribution in [0.3, 0.4) is 0 Å². The number of amides is 5. The minimum Gasteiger partial charge on any atom is -0.507 e. The Bertz CT molecular complexity index is 5550. The number of carboxylic acids is 6. The summed E-state index contributed by atoms with van der Waals surface area (Å²) in [7, 11) is 5.89. The first-order valence-corrected chi connectivity index (χ1v) is 37.9. The molecule has 0 heterocycles.